The van der Waals surface area contributed by atoms with Crippen LogP contribution < -0.4 is 10.6 Å². The summed E-state index contributed by atoms with van der Waals surface area (Å²) in [5, 5.41) is 14.2. The molecule has 1 aliphatic rings. The van der Waals surface area contributed by atoms with Crippen LogP contribution >= 0.6 is 0 Å². The van der Waals surface area contributed by atoms with Crippen LogP contribution in [0.5, 0.6) is 0 Å². The first-order valence-electron chi connectivity index (χ1n) is 5.65. The average Bonchev–Trinajstić information content (AvgIpc) is 2.10. The molecule has 3 N–H and O–H groups in total. The van der Waals surface area contributed by atoms with Crippen LogP contribution in [0.2, 0.25) is 0 Å². The van der Waals surface area contributed by atoms with Crippen molar-refractivity contribution in [3.63, 3.8) is 0 Å². The molecule has 0 bridgehead atoms. The molecule has 0 aromatic rings. The highest BCUT2D eigenvalue weighted by Gasteiger charge is 2.34. The normalized spacial score (nSPS) is 19.8. The molecule has 0 aromatic carbocycles. The molecule has 0 aromatic heterocycles. The predicted molar refractivity (Wildman–Crippen MR) is 60.2 cm³/mol. The van der Waals surface area contributed by atoms with Crippen molar-refractivity contribution in [1.82, 2.24) is 10.6 Å². The largest absolute Gasteiger partial charge is 0.480 e. The molecule has 0 saturated heterocycles. The molecule has 0 spiro atoms. The SMILES string of the molecule is CC(C)[C@@H](NC(=O)NC1(C)CCC1)C(=O)O. The molecule has 5 heteroatoms. The van der Waals surface area contributed by atoms with Crippen molar-refractivity contribution in [2.45, 2.75) is 51.6 Å². The van der Waals surface area contributed by atoms with Crippen LogP contribution in [0.1, 0.15) is 40.0 Å². The zero-order chi connectivity index (χ0) is 12.3. The summed E-state index contributed by atoms with van der Waals surface area (Å²) in [5.74, 6) is -1.12. The molecule has 1 aliphatic carbocycles. The van der Waals surface area contributed by atoms with E-state index >= 15 is 0 Å². The van der Waals surface area contributed by atoms with E-state index in [0.29, 0.717) is 0 Å². The Morgan fingerprint density at radius 2 is 1.88 bits per heavy atom. The Morgan fingerprint density at radius 1 is 1.31 bits per heavy atom. The van der Waals surface area contributed by atoms with Crippen LogP contribution in [-0.2, 0) is 4.79 Å². The zero-order valence-electron chi connectivity index (χ0n) is 10.0. The first-order chi connectivity index (χ1) is 7.34. The first kappa shape index (κ1) is 12.8. The van der Waals surface area contributed by atoms with Crippen LogP contribution in [0.4, 0.5) is 4.79 Å². The third kappa shape index (κ3) is 3.12. The lowest BCUT2D eigenvalue weighted by molar-refractivity contribution is -0.140. The smallest absolute Gasteiger partial charge is 0.326 e. The molecule has 2 amide bonds. The van der Waals surface area contributed by atoms with Gasteiger partial charge in [-0.05, 0) is 32.1 Å². The Kier molecular flexibility index (Phi) is 3.78. The third-order valence-corrected chi connectivity index (χ3v) is 3.09. The maximum absolute atomic E-state index is 11.6. The van der Waals surface area contributed by atoms with Gasteiger partial charge < -0.3 is 15.7 Å². The van der Waals surface area contributed by atoms with Crippen molar-refractivity contribution in [2.75, 3.05) is 0 Å². The third-order valence-electron chi connectivity index (χ3n) is 3.09. The maximum atomic E-state index is 11.6. The van der Waals surface area contributed by atoms with Gasteiger partial charge in [-0.3, -0.25) is 0 Å². The van der Waals surface area contributed by atoms with Crippen molar-refractivity contribution in [3.8, 4) is 0 Å². The summed E-state index contributed by atoms with van der Waals surface area (Å²) in [6, 6.07) is -1.22. The summed E-state index contributed by atoms with van der Waals surface area (Å²) >= 11 is 0. The number of amides is 2. The number of hydrogen-bond donors (Lipinski definition) is 3. The van der Waals surface area contributed by atoms with Gasteiger partial charge in [0.1, 0.15) is 6.04 Å². The second-order valence-corrected chi connectivity index (χ2v) is 5.07. The second-order valence-electron chi connectivity index (χ2n) is 5.07. The minimum Gasteiger partial charge on any atom is -0.480 e. The topological polar surface area (TPSA) is 78.4 Å². The Morgan fingerprint density at radius 3 is 2.19 bits per heavy atom. The number of rotatable bonds is 4. The molecule has 0 radical (unpaired) electrons. The summed E-state index contributed by atoms with van der Waals surface area (Å²) in [6.07, 6.45) is 3.03. The van der Waals surface area contributed by atoms with E-state index in [1.54, 1.807) is 13.8 Å². The molecule has 0 aliphatic heterocycles. The minimum absolute atomic E-state index is 0.127. The van der Waals surface area contributed by atoms with Crippen molar-refractivity contribution >= 4 is 12.0 Å². The number of urea groups is 1. The Balaban J connectivity index is 2.45. The zero-order valence-corrected chi connectivity index (χ0v) is 10.0. The molecule has 16 heavy (non-hydrogen) atoms. The average molecular weight is 228 g/mol. The van der Waals surface area contributed by atoms with Crippen LogP contribution in [0.15, 0.2) is 0 Å². The minimum atomic E-state index is -0.996. The highest BCUT2D eigenvalue weighted by atomic mass is 16.4. The molecule has 1 rings (SSSR count). The predicted octanol–water partition coefficient (Wildman–Crippen LogP) is 1.34. The molecule has 1 saturated carbocycles. The highest BCUT2D eigenvalue weighted by Crippen LogP contribution is 2.30. The maximum Gasteiger partial charge on any atom is 0.326 e. The van der Waals surface area contributed by atoms with Gasteiger partial charge in [0.2, 0.25) is 0 Å². The second kappa shape index (κ2) is 4.72. The Hall–Kier alpha value is -1.26. The summed E-state index contributed by atoms with van der Waals surface area (Å²) in [7, 11) is 0. The number of hydrogen-bond acceptors (Lipinski definition) is 2. The van der Waals surface area contributed by atoms with Gasteiger partial charge in [0, 0.05) is 5.54 Å². The van der Waals surface area contributed by atoms with E-state index in [2.05, 4.69) is 10.6 Å². The molecule has 0 heterocycles. The number of carbonyl (C=O) groups excluding carboxylic acids is 1. The summed E-state index contributed by atoms with van der Waals surface area (Å²) in [6.45, 7) is 5.51. The Bertz CT molecular complexity index is 285. The molecule has 5 nitrogen and oxygen atoms in total. The van der Waals surface area contributed by atoms with E-state index < -0.39 is 12.0 Å². The first-order valence-corrected chi connectivity index (χ1v) is 5.65. The fourth-order valence-corrected chi connectivity index (χ4v) is 1.80. The number of carboxylic acid groups (broad SMARTS) is 1. The quantitative estimate of drug-likeness (QED) is 0.679. The van der Waals surface area contributed by atoms with Gasteiger partial charge in [0.25, 0.3) is 0 Å². The van der Waals surface area contributed by atoms with Crippen molar-refractivity contribution in [2.24, 2.45) is 5.92 Å². The molecule has 0 unspecified atom stereocenters. The fourth-order valence-electron chi connectivity index (χ4n) is 1.80. The number of carboxylic acids is 1. The number of aliphatic carboxylic acids is 1. The molecule has 1 fully saturated rings. The Labute approximate surface area is 95.6 Å². The van der Waals surface area contributed by atoms with Gasteiger partial charge in [0.05, 0.1) is 0 Å². The van der Waals surface area contributed by atoms with Gasteiger partial charge in [-0.2, -0.15) is 0 Å². The summed E-state index contributed by atoms with van der Waals surface area (Å²) in [4.78, 5) is 22.5. The number of carbonyl (C=O) groups is 2. The lowest BCUT2D eigenvalue weighted by Gasteiger charge is -2.39. The van der Waals surface area contributed by atoms with Crippen LogP contribution in [0.25, 0.3) is 0 Å². The standard InChI is InChI=1S/C11H20N2O3/c1-7(2)8(9(14)15)12-10(16)13-11(3)5-4-6-11/h7-8H,4-6H2,1-3H3,(H,14,15)(H2,12,13,16)/t8-/m1/s1. The summed E-state index contributed by atoms with van der Waals surface area (Å²) < 4.78 is 0. The van der Waals surface area contributed by atoms with Crippen molar-refractivity contribution in [3.05, 3.63) is 0 Å². The van der Waals surface area contributed by atoms with Gasteiger partial charge in [0.15, 0.2) is 0 Å². The van der Waals surface area contributed by atoms with Gasteiger partial charge >= 0.3 is 12.0 Å². The molecular formula is C11H20N2O3. The van der Waals surface area contributed by atoms with Crippen LogP contribution in [0, 0.1) is 5.92 Å². The van der Waals surface area contributed by atoms with E-state index in [4.69, 9.17) is 5.11 Å². The van der Waals surface area contributed by atoms with Gasteiger partial charge in [-0.25, -0.2) is 9.59 Å². The van der Waals surface area contributed by atoms with E-state index in [1.807, 2.05) is 6.92 Å². The molecule has 1 atom stereocenters. The highest BCUT2D eigenvalue weighted by molar-refractivity contribution is 5.83. The lowest BCUT2D eigenvalue weighted by atomic mass is 9.79. The molecular weight excluding hydrogens is 208 g/mol. The van der Waals surface area contributed by atoms with E-state index in [1.165, 1.54) is 0 Å². The van der Waals surface area contributed by atoms with E-state index in [-0.39, 0.29) is 17.5 Å². The van der Waals surface area contributed by atoms with Crippen LogP contribution in [-0.4, -0.2) is 28.7 Å². The van der Waals surface area contributed by atoms with Gasteiger partial charge in [-0.1, -0.05) is 13.8 Å². The fraction of sp³-hybridized carbons (Fsp3) is 0.818. The van der Waals surface area contributed by atoms with Gasteiger partial charge in [-0.15, -0.1) is 0 Å². The summed E-state index contributed by atoms with van der Waals surface area (Å²) in [5.41, 5.74) is -0.149. The van der Waals surface area contributed by atoms with Crippen molar-refractivity contribution in [1.29, 1.82) is 0 Å². The van der Waals surface area contributed by atoms with E-state index in [9.17, 15) is 9.59 Å². The van der Waals surface area contributed by atoms with Crippen LogP contribution in [0.3, 0.4) is 0 Å². The monoisotopic (exact) mass is 228 g/mol. The lowest BCUT2D eigenvalue weighted by Crippen LogP contribution is -2.57. The van der Waals surface area contributed by atoms with Crippen molar-refractivity contribution < 1.29 is 14.7 Å². The van der Waals surface area contributed by atoms with E-state index in [0.717, 1.165) is 19.3 Å². The number of nitrogens with one attached hydrogen (secondary N) is 2. The molecule has 92 valence electrons.